The topological polar surface area (TPSA) is 64.4 Å². The van der Waals surface area contributed by atoms with Gasteiger partial charge in [0.15, 0.2) is 0 Å². The van der Waals surface area contributed by atoms with Crippen LogP contribution in [-0.2, 0) is 4.79 Å². The summed E-state index contributed by atoms with van der Waals surface area (Å²) in [6, 6.07) is 6.17. The van der Waals surface area contributed by atoms with Crippen LogP contribution in [0.2, 0.25) is 0 Å². The Morgan fingerprint density at radius 2 is 2.00 bits per heavy atom. The second kappa shape index (κ2) is 7.04. The van der Waals surface area contributed by atoms with Crippen molar-refractivity contribution in [2.24, 2.45) is 5.73 Å². The molecule has 0 saturated heterocycles. The average Bonchev–Trinajstić information content (AvgIpc) is 2.27. The first-order valence-corrected chi connectivity index (χ1v) is 5.98. The number of nitrogens with one attached hydrogen (secondary N) is 1. The largest absolute Gasteiger partial charge is 0.434 e. The number of para-hydroxylation sites is 1. The molecule has 2 atom stereocenters. The van der Waals surface area contributed by atoms with Crippen molar-refractivity contribution >= 4 is 5.91 Å². The number of carbonyl (C=O) groups is 1. The maximum absolute atomic E-state index is 12.3. The van der Waals surface area contributed by atoms with Gasteiger partial charge in [0.2, 0.25) is 5.91 Å². The molecule has 1 aromatic carbocycles. The predicted molar refractivity (Wildman–Crippen MR) is 67.9 cm³/mol. The second-order valence-corrected chi connectivity index (χ2v) is 4.38. The van der Waals surface area contributed by atoms with Gasteiger partial charge in [0, 0.05) is 24.1 Å². The Kier molecular flexibility index (Phi) is 5.69. The zero-order valence-electron chi connectivity index (χ0n) is 10.9. The Hall–Kier alpha value is -1.69. The number of amides is 1. The third-order valence-corrected chi connectivity index (χ3v) is 2.64. The summed E-state index contributed by atoms with van der Waals surface area (Å²) in [5.41, 5.74) is 5.71. The number of ether oxygens (including phenoxy) is 1. The van der Waals surface area contributed by atoms with Crippen LogP contribution >= 0.6 is 0 Å². The molecule has 0 aliphatic rings. The zero-order chi connectivity index (χ0) is 14.4. The van der Waals surface area contributed by atoms with Gasteiger partial charge in [-0.15, -0.1) is 0 Å². The lowest BCUT2D eigenvalue weighted by Crippen LogP contribution is -2.33. The van der Waals surface area contributed by atoms with E-state index in [9.17, 15) is 13.6 Å². The van der Waals surface area contributed by atoms with Crippen LogP contribution in [0.1, 0.15) is 31.9 Å². The molecule has 1 rings (SSSR count). The van der Waals surface area contributed by atoms with Crippen molar-refractivity contribution in [1.82, 2.24) is 5.32 Å². The van der Waals surface area contributed by atoms with Crippen molar-refractivity contribution < 1.29 is 18.3 Å². The van der Waals surface area contributed by atoms with Crippen molar-refractivity contribution in [2.75, 3.05) is 0 Å². The third-order valence-electron chi connectivity index (χ3n) is 2.64. The van der Waals surface area contributed by atoms with E-state index in [0.29, 0.717) is 5.56 Å². The predicted octanol–water partition coefficient (Wildman–Crippen LogP) is 2.20. The van der Waals surface area contributed by atoms with Gasteiger partial charge in [0.05, 0.1) is 0 Å². The third kappa shape index (κ3) is 5.21. The van der Waals surface area contributed by atoms with Gasteiger partial charge >= 0.3 is 6.61 Å². The van der Waals surface area contributed by atoms with Crippen molar-refractivity contribution in [3.8, 4) is 5.75 Å². The van der Waals surface area contributed by atoms with Crippen molar-refractivity contribution in [1.29, 1.82) is 0 Å². The van der Waals surface area contributed by atoms with Gasteiger partial charge in [0.1, 0.15) is 5.75 Å². The monoisotopic (exact) mass is 272 g/mol. The maximum Gasteiger partial charge on any atom is 0.387 e. The first kappa shape index (κ1) is 15.4. The van der Waals surface area contributed by atoms with Crippen LogP contribution in [0, 0.1) is 0 Å². The molecule has 2 unspecified atom stereocenters. The lowest BCUT2D eigenvalue weighted by atomic mass is 10.1. The van der Waals surface area contributed by atoms with Crippen LogP contribution in [0.5, 0.6) is 5.75 Å². The fourth-order valence-corrected chi connectivity index (χ4v) is 1.92. The van der Waals surface area contributed by atoms with E-state index in [2.05, 4.69) is 10.1 Å². The molecule has 4 nitrogen and oxygen atoms in total. The van der Waals surface area contributed by atoms with Gasteiger partial charge in [-0.05, 0) is 19.9 Å². The molecule has 0 heterocycles. The molecule has 0 saturated carbocycles. The number of halogens is 2. The molecular weight excluding hydrogens is 254 g/mol. The van der Waals surface area contributed by atoms with E-state index < -0.39 is 12.5 Å². The molecule has 19 heavy (non-hydrogen) atoms. The SMILES string of the molecule is CC(CC(N)=O)NC(C)c1ccccc1OC(F)F. The second-order valence-electron chi connectivity index (χ2n) is 4.38. The van der Waals surface area contributed by atoms with Crippen LogP contribution in [0.25, 0.3) is 0 Å². The first-order chi connectivity index (χ1) is 8.90. The molecule has 1 aromatic rings. The van der Waals surface area contributed by atoms with Gasteiger partial charge < -0.3 is 15.8 Å². The summed E-state index contributed by atoms with van der Waals surface area (Å²) >= 11 is 0. The minimum atomic E-state index is -2.86. The van der Waals surface area contributed by atoms with E-state index >= 15 is 0 Å². The van der Waals surface area contributed by atoms with Crippen molar-refractivity contribution in [2.45, 2.75) is 39.0 Å². The molecule has 3 N–H and O–H groups in total. The molecule has 0 spiro atoms. The standard InChI is InChI=1S/C13H18F2N2O2/c1-8(7-12(16)18)17-9(2)10-5-3-4-6-11(10)19-13(14)15/h3-6,8-9,13,17H,7H2,1-2H3,(H2,16,18). The minimum Gasteiger partial charge on any atom is -0.434 e. The normalized spacial score (nSPS) is 14.2. The van der Waals surface area contributed by atoms with Gasteiger partial charge in [0.25, 0.3) is 0 Å². The maximum atomic E-state index is 12.3. The summed E-state index contributed by atoms with van der Waals surface area (Å²) in [5.74, 6) is -0.284. The minimum absolute atomic E-state index is 0.128. The fraction of sp³-hybridized carbons (Fsp3) is 0.462. The van der Waals surface area contributed by atoms with E-state index in [1.54, 1.807) is 25.1 Å². The number of nitrogens with two attached hydrogens (primary N) is 1. The average molecular weight is 272 g/mol. The van der Waals surface area contributed by atoms with Crippen LogP contribution in [-0.4, -0.2) is 18.6 Å². The number of alkyl halides is 2. The van der Waals surface area contributed by atoms with E-state index in [1.165, 1.54) is 6.07 Å². The fourth-order valence-electron chi connectivity index (χ4n) is 1.92. The number of rotatable bonds is 7. The molecule has 0 aromatic heterocycles. The number of primary amides is 1. The number of carbonyl (C=O) groups excluding carboxylic acids is 1. The summed E-state index contributed by atoms with van der Waals surface area (Å²) in [5, 5.41) is 3.12. The van der Waals surface area contributed by atoms with Crippen molar-refractivity contribution in [3.05, 3.63) is 29.8 Å². The Labute approximate surface area is 110 Å². The molecule has 6 heteroatoms. The molecule has 1 amide bonds. The first-order valence-electron chi connectivity index (χ1n) is 5.98. The lowest BCUT2D eigenvalue weighted by Gasteiger charge is -2.21. The molecule has 0 aliphatic carbocycles. The van der Waals surface area contributed by atoms with Gasteiger partial charge in [-0.3, -0.25) is 4.79 Å². The summed E-state index contributed by atoms with van der Waals surface area (Å²) in [6.45, 7) is 0.750. The Balaban J connectivity index is 2.75. The molecule has 0 aliphatic heterocycles. The highest BCUT2D eigenvalue weighted by atomic mass is 19.3. The van der Waals surface area contributed by atoms with E-state index in [4.69, 9.17) is 5.73 Å². The summed E-state index contributed by atoms with van der Waals surface area (Å²) in [6.07, 6.45) is 0.183. The van der Waals surface area contributed by atoms with Gasteiger partial charge in [-0.1, -0.05) is 18.2 Å². The highest BCUT2D eigenvalue weighted by Gasteiger charge is 2.16. The van der Waals surface area contributed by atoms with Crippen LogP contribution in [0.4, 0.5) is 8.78 Å². The van der Waals surface area contributed by atoms with Gasteiger partial charge in [-0.25, -0.2) is 0 Å². The molecule has 0 bridgehead atoms. The Morgan fingerprint density at radius 3 is 2.58 bits per heavy atom. The quantitative estimate of drug-likeness (QED) is 0.799. The van der Waals surface area contributed by atoms with Gasteiger partial charge in [-0.2, -0.15) is 8.78 Å². The number of benzene rings is 1. The van der Waals surface area contributed by atoms with E-state index in [1.807, 2.05) is 6.92 Å². The molecular formula is C13H18F2N2O2. The highest BCUT2D eigenvalue weighted by molar-refractivity contribution is 5.74. The lowest BCUT2D eigenvalue weighted by molar-refractivity contribution is -0.118. The molecule has 0 fully saturated rings. The summed E-state index contributed by atoms with van der Waals surface area (Å²) in [4.78, 5) is 10.8. The van der Waals surface area contributed by atoms with Crippen molar-refractivity contribution in [3.63, 3.8) is 0 Å². The van der Waals surface area contributed by atoms with Crippen LogP contribution in [0.15, 0.2) is 24.3 Å². The number of hydrogen-bond acceptors (Lipinski definition) is 3. The number of hydrogen-bond donors (Lipinski definition) is 2. The molecule has 0 radical (unpaired) electrons. The van der Waals surface area contributed by atoms with E-state index in [0.717, 1.165) is 0 Å². The van der Waals surface area contributed by atoms with Crippen LogP contribution in [0.3, 0.4) is 0 Å². The van der Waals surface area contributed by atoms with E-state index in [-0.39, 0.29) is 24.3 Å². The smallest absolute Gasteiger partial charge is 0.387 e. The summed E-state index contributed by atoms with van der Waals surface area (Å²) in [7, 11) is 0. The summed E-state index contributed by atoms with van der Waals surface area (Å²) < 4.78 is 29.1. The Morgan fingerprint density at radius 1 is 1.37 bits per heavy atom. The van der Waals surface area contributed by atoms with Crippen LogP contribution < -0.4 is 15.8 Å². The molecule has 106 valence electrons. The highest BCUT2D eigenvalue weighted by Crippen LogP contribution is 2.26. The Bertz CT molecular complexity index is 427. The zero-order valence-corrected chi connectivity index (χ0v) is 10.9.